The molecule has 0 aliphatic heterocycles. The summed E-state index contributed by atoms with van der Waals surface area (Å²) in [5.41, 5.74) is 1.33. The summed E-state index contributed by atoms with van der Waals surface area (Å²) >= 11 is 0. The number of benzene rings is 1. The number of hydrogen-bond acceptors (Lipinski definition) is 2. The first kappa shape index (κ1) is 13.1. The smallest absolute Gasteiger partial charge is 0.335 e. The van der Waals surface area contributed by atoms with Crippen molar-refractivity contribution in [3.8, 4) is 11.3 Å². The molecule has 1 aromatic carbocycles. The Balaban J connectivity index is 2.45. The second-order valence-electron chi connectivity index (χ2n) is 4.06. The van der Waals surface area contributed by atoms with Crippen LogP contribution < -0.4 is 0 Å². The van der Waals surface area contributed by atoms with Gasteiger partial charge in [-0.3, -0.25) is 4.98 Å². The monoisotopic (exact) mass is 263 g/mol. The number of rotatable bonds is 3. The largest absolute Gasteiger partial charge is 0.478 e. The van der Waals surface area contributed by atoms with Gasteiger partial charge in [-0.2, -0.15) is 0 Å². The molecule has 0 saturated heterocycles. The van der Waals surface area contributed by atoms with Crippen LogP contribution in [0.4, 0.5) is 8.78 Å². The first-order valence-electron chi connectivity index (χ1n) is 5.58. The van der Waals surface area contributed by atoms with Crippen molar-refractivity contribution >= 4 is 5.97 Å². The highest BCUT2D eigenvalue weighted by molar-refractivity contribution is 5.89. The number of carboxylic acid groups (broad SMARTS) is 1. The summed E-state index contributed by atoms with van der Waals surface area (Å²) in [4.78, 5) is 15.0. The van der Waals surface area contributed by atoms with Crippen molar-refractivity contribution in [2.45, 2.75) is 13.3 Å². The van der Waals surface area contributed by atoms with Crippen LogP contribution in [0.15, 0.2) is 36.4 Å². The van der Waals surface area contributed by atoms with E-state index < -0.39 is 12.4 Å². The van der Waals surface area contributed by atoms with Gasteiger partial charge in [0.1, 0.15) is 0 Å². The third kappa shape index (κ3) is 2.76. The van der Waals surface area contributed by atoms with Crippen LogP contribution in [-0.2, 0) is 0 Å². The minimum atomic E-state index is -2.56. The van der Waals surface area contributed by atoms with Gasteiger partial charge in [0, 0.05) is 16.8 Å². The Hall–Kier alpha value is -2.30. The van der Waals surface area contributed by atoms with Crippen molar-refractivity contribution < 1.29 is 18.7 Å². The minimum absolute atomic E-state index is 0.113. The zero-order valence-electron chi connectivity index (χ0n) is 10.1. The molecule has 1 N–H and O–H groups in total. The third-order valence-corrected chi connectivity index (χ3v) is 2.77. The van der Waals surface area contributed by atoms with Gasteiger partial charge in [0.25, 0.3) is 6.43 Å². The molecule has 0 radical (unpaired) electrons. The molecule has 1 aromatic heterocycles. The van der Waals surface area contributed by atoms with Gasteiger partial charge in [0.05, 0.1) is 11.3 Å². The van der Waals surface area contributed by atoms with E-state index in [2.05, 4.69) is 4.98 Å². The quantitative estimate of drug-likeness (QED) is 0.918. The third-order valence-electron chi connectivity index (χ3n) is 2.77. The first-order valence-corrected chi connectivity index (χ1v) is 5.58. The van der Waals surface area contributed by atoms with Crippen molar-refractivity contribution in [2.75, 3.05) is 0 Å². The van der Waals surface area contributed by atoms with Crippen molar-refractivity contribution in [3.05, 3.63) is 53.2 Å². The fourth-order valence-corrected chi connectivity index (χ4v) is 1.77. The lowest BCUT2D eigenvalue weighted by molar-refractivity contribution is 0.0697. The summed E-state index contributed by atoms with van der Waals surface area (Å²) in [6.07, 6.45) is -2.56. The topological polar surface area (TPSA) is 50.2 Å². The van der Waals surface area contributed by atoms with Crippen LogP contribution in [0.2, 0.25) is 0 Å². The minimum Gasteiger partial charge on any atom is -0.478 e. The molecule has 0 aliphatic rings. The van der Waals surface area contributed by atoms with Gasteiger partial charge in [-0.25, -0.2) is 13.6 Å². The predicted molar refractivity (Wildman–Crippen MR) is 66.3 cm³/mol. The number of aromatic carboxylic acids is 1. The van der Waals surface area contributed by atoms with E-state index in [1.165, 1.54) is 31.2 Å². The second-order valence-corrected chi connectivity index (χ2v) is 4.06. The van der Waals surface area contributed by atoms with Crippen molar-refractivity contribution in [2.24, 2.45) is 0 Å². The summed E-state index contributed by atoms with van der Waals surface area (Å²) in [5, 5.41) is 8.91. The maximum absolute atomic E-state index is 12.6. The fourth-order valence-electron chi connectivity index (χ4n) is 1.77. The average Bonchev–Trinajstić information content (AvgIpc) is 2.38. The number of carboxylic acids is 1. The Morgan fingerprint density at radius 2 is 2.00 bits per heavy atom. The van der Waals surface area contributed by atoms with Crippen LogP contribution in [0, 0.1) is 6.92 Å². The molecule has 2 rings (SSSR count). The van der Waals surface area contributed by atoms with E-state index in [0.29, 0.717) is 11.3 Å². The van der Waals surface area contributed by atoms with Crippen LogP contribution in [0.25, 0.3) is 11.3 Å². The molecule has 19 heavy (non-hydrogen) atoms. The first-order chi connectivity index (χ1) is 8.99. The number of pyridine rings is 1. The van der Waals surface area contributed by atoms with E-state index >= 15 is 0 Å². The Bertz CT molecular complexity index is 627. The van der Waals surface area contributed by atoms with Gasteiger partial charge in [0.15, 0.2) is 0 Å². The van der Waals surface area contributed by atoms with Crippen molar-refractivity contribution in [1.82, 2.24) is 4.98 Å². The second kappa shape index (κ2) is 5.14. The highest BCUT2D eigenvalue weighted by Crippen LogP contribution is 2.25. The lowest BCUT2D eigenvalue weighted by atomic mass is 10.1. The van der Waals surface area contributed by atoms with E-state index in [1.807, 2.05) is 0 Å². The summed E-state index contributed by atoms with van der Waals surface area (Å²) < 4.78 is 25.2. The van der Waals surface area contributed by atoms with Crippen molar-refractivity contribution in [1.29, 1.82) is 0 Å². The highest BCUT2D eigenvalue weighted by atomic mass is 19.3. The molecule has 0 amide bonds. The summed E-state index contributed by atoms with van der Waals surface area (Å²) in [7, 11) is 0. The number of alkyl halides is 2. The van der Waals surface area contributed by atoms with Gasteiger partial charge in [-0.15, -0.1) is 0 Å². The Labute approximate surface area is 108 Å². The molecule has 98 valence electrons. The maximum atomic E-state index is 12.6. The van der Waals surface area contributed by atoms with E-state index in [9.17, 15) is 13.6 Å². The van der Waals surface area contributed by atoms with Crippen LogP contribution in [0.5, 0.6) is 0 Å². The van der Waals surface area contributed by atoms with Crippen LogP contribution in [-0.4, -0.2) is 16.1 Å². The number of aromatic nitrogens is 1. The lowest BCUT2D eigenvalue weighted by Crippen LogP contribution is -1.98. The predicted octanol–water partition coefficient (Wildman–Crippen LogP) is 3.69. The molecule has 1 heterocycles. The molecule has 5 heteroatoms. The number of halogens is 2. The Morgan fingerprint density at radius 1 is 1.26 bits per heavy atom. The zero-order valence-corrected chi connectivity index (χ0v) is 10.1. The molecule has 2 aromatic rings. The van der Waals surface area contributed by atoms with Crippen LogP contribution in [0.3, 0.4) is 0 Å². The summed E-state index contributed by atoms with van der Waals surface area (Å²) in [5.74, 6) is -1.04. The van der Waals surface area contributed by atoms with Gasteiger partial charge in [-0.05, 0) is 31.2 Å². The lowest BCUT2D eigenvalue weighted by Gasteiger charge is -2.07. The maximum Gasteiger partial charge on any atom is 0.335 e. The molecule has 0 unspecified atom stereocenters. The van der Waals surface area contributed by atoms with E-state index in [0.717, 1.165) is 0 Å². The molecule has 3 nitrogen and oxygen atoms in total. The number of aryl methyl sites for hydroxylation is 1. The number of nitrogens with zero attached hydrogens (tertiary/aromatic N) is 1. The van der Waals surface area contributed by atoms with Crippen LogP contribution in [0.1, 0.15) is 28.0 Å². The standard InChI is InChI=1S/C14H11F2NO2/c1-8-11(13(15)16)5-6-12(17-8)9-3-2-4-10(7-9)14(18)19/h2-7,13H,1H3,(H,18,19). The summed E-state index contributed by atoms with van der Waals surface area (Å²) in [6.45, 7) is 1.51. The van der Waals surface area contributed by atoms with Crippen LogP contribution >= 0.6 is 0 Å². The Morgan fingerprint density at radius 3 is 2.58 bits per heavy atom. The molecule has 0 spiro atoms. The van der Waals surface area contributed by atoms with Gasteiger partial charge in [-0.1, -0.05) is 12.1 Å². The molecular formula is C14H11F2NO2. The fraction of sp³-hybridized carbons (Fsp3) is 0.143. The average molecular weight is 263 g/mol. The zero-order chi connectivity index (χ0) is 14.0. The van der Waals surface area contributed by atoms with Gasteiger partial charge in [0.2, 0.25) is 0 Å². The molecule has 0 saturated carbocycles. The van der Waals surface area contributed by atoms with E-state index in [-0.39, 0.29) is 16.8 Å². The molecular weight excluding hydrogens is 252 g/mol. The van der Waals surface area contributed by atoms with Gasteiger partial charge >= 0.3 is 5.97 Å². The molecule has 0 bridgehead atoms. The molecule has 0 fully saturated rings. The van der Waals surface area contributed by atoms with E-state index in [4.69, 9.17) is 5.11 Å². The van der Waals surface area contributed by atoms with E-state index in [1.54, 1.807) is 12.1 Å². The number of hydrogen-bond donors (Lipinski definition) is 1. The number of carbonyl (C=O) groups is 1. The Kier molecular flexibility index (Phi) is 3.55. The van der Waals surface area contributed by atoms with Crippen molar-refractivity contribution in [3.63, 3.8) is 0 Å². The molecule has 0 atom stereocenters. The molecule has 0 aliphatic carbocycles. The van der Waals surface area contributed by atoms with Gasteiger partial charge < -0.3 is 5.11 Å². The SMILES string of the molecule is Cc1nc(-c2cccc(C(=O)O)c2)ccc1C(F)F. The normalized spacial score (nSPS) is 10.7. The summed E-state index contributed by atoms with van der Waals surface area (Å²) in [6, 6.07) is 9.00. The highest BCUT2D eigenvalue weighted by Gasteiger charge is 2.13.